The van der Waals surface area contributed by atoms with Crippen LogP contribution in [0.5, 0.6) is 0 Å². The van der Waals surface area contributed by atoms with E-state index < -0.39 is 11.7 Å². The Bertz CT molecular complexity index is 873. The Kier molecular flexibility index (Phi) is 7.27. The maximum atomic E-state index is 12.9. The van der Waals surface area contributed by atoms with E-state index >= 15 is 0 Å². The molecule has 1 unspecified atom stereocenters. The molecular weight excluding hydrogens is 444 g/mol. The average Bonchev–Trinajstić information content (AvgIpc) is 3.15. The fraction of sp³-hybridized carbons (Fsp3) is 0.350. The molecule has 1 heterocycles. The van der Waals surface area contributed by atoms with E-state index in [1.807, 2.05) is 23.1 Å². The summed E-state index contributed by atoms with van der Waals surface area (Å²) in [6, 6.07) is 10.9. The van der Waals surface area contributed by atoms with E-state index in [9.17, 15) is 13.2 Å². The van der Waals surface area contributed by atoms with Gasteiger partial charge in [-0.3, -0.25) is 0 Å². The summed E-state index contributed by atoms with van der Waals surface area (Å²) in [6.07, 6.45) is -2.56. The predicted molar refractivity (Wildman–Crippen MR) is 114 cm³/mol. The number of nitrogens with one attached hydrogen (secondary N) is 1. The summed E-state index contributed by atoms with van der Waals surface area (Å²) >= 11 is 17.6. The highest BCUT2D eigenvalue weighted by Gasteiger charge is 2.33. The predicted octanol–water partition coefficient (Wildman–Crippen LogP) is 6.39. The number of alkyl halides is 3. The van der Waals surface area contributed by atoms with Crippen LogP contribution in [-0.2, 0) is 17.5 Å². The lowest BCUT2D eigenvalue weighted by molar-refractivity contribution is -0.137. The van der Waals surface area contributed by atoms with Crippen LogP contribution in [0.4, 0.5) is 18.9 Å². The van der Waals surface area contributed by atoms with Gasteiger partial charge in [-0.15, -0.1) is 0 Å². The molecule has 1 fully saturated rings. The first kappa shape index (κ1) is 22.2. The monoisotopic (exact) mass is 462 g/mol. The number of halogens is 5. The lowest BCUT2D eigenvalue weighted by Crippen LogP contribution is -2.39. The van der Waals surface area contributed by atoms with Gasteiger partial charge in [0.05, 0.1) is 16.7 Å². The van der Waals surface area contributed by atoms with E-state index in [4.69, 9.17) is 40.2 Å². The Morgan fingerprint density at radius 3 is 2.55 bits per heavy atom. The average molecular weight is 463 g/mol. The molecule has 0 aliphatic carbocycles. The van der Waals surface area contributed by atoms with Crippen molar-refractivity contribution in [1.82, 2.24) is 4.90 Å². The molecule has 9 heteroatoms. The number of nitrogens with zero attached hydrogens (tertiary/aromatic N) is 1. The topological polar surface area (TPSA) is 24.5 Å². The standard InChI is InChI=1S/C20H19Cl2F3N2OS/c21-17-6-2-1-4-13(17)11-27(12-15-5-3-9-28-15)19(29)26-14-7-8-16(18(22)10-14)20(23,24)25/h1-2,4,6-8,10,15H,3,5,9,11-12H2,(H,26,29). The molecule has 2 aromatic rings. The summed E-state index contributed by atoms with van der Waals surface area (Å²) in [5.74, 6) is 0. The molecular formula is C20H19Cl2F3N2OS. The van der Waals surface area contributed by atoms with E-state index in [-0.39, 0.29) is 11.1 Å². The Labute approximate surface area is 182 Å². The largest absolute Gasteiger partial charge is 0.417 e. The highest BCUT2D eigenvalue weighted by molar-refractivity contribution is 7.80. The minimum absolute atomic E-state index is 0.0356. The fourth-order valence-electron chi connectivity index (χ4n) is 3.11. The SMILES string of the molecule is FC(F)(F)c1ccc(NC(=S)N(Cc2ccccc2Cl)CC2CCCO2)cc1Cl. The molecule has 2 aromatic carbocycles. The Morgan fingerprint density at radius 1 is 1.17 bits per heavy atom. The molecule has 0 spiro atoms. The zero-order chi connectivity index (χ0) is 21.0. The quantitative estimate of drug-likeness (QED) is 0.520. The first-order valence-corrected chi connectivity index (χ1v) is 10.2. The van der Waals surface area contributed by atoms with Crippen molar-refractivity contribution >= 4 is 46.2 Å². The van der Waals surface area contributed by atoms with Crippen LogP contribution in [0.3, 0.4) is 0 Å². The Hall–Kier alpha value is -1.54. The summed E-state index contributed by atoms with van der Waals surface area (Å²) in [5.41, 5.74) is 0.383. The minimum atomic E-state index is -4.51. The first-order valence-electron chi connectivity index (χ1n) is 9.01. The Balaban J connectivity index is 1.77. The maximum Gasteiger partial charge on any atom is 0.417 e. The van der Waals surface area contributed by atoms with Crippen molar-refractivity contribution in [3.05, 3.63) is 63.6 Å². The number of rotatable bonds is 5. The van der Waals surface area contributed by atoms with Crippen LogP contribution in [0, 0.1) is 0 Å². The van der Waals surface area contributed by atoms with E-state index in [0.717, 1.165) is 24.5 Å². The van der Waals surface area contributed by atoms with Crippen molar-refractivity contribution in [3.63, 3.8) is 0 Å². The second-order valence-electron chi connectivity index (χ2n) is 6.73. The van der Waals surface area contributed by atoms with Crippen molar-refractivity contribution in [2.45, 2.75) is 31.7 Å². The minimum Gasteiger partial charge on any atom is -0.376 e. The first-order chi connectivity index (χ1) is 13.7. The van der Waals surface area contributed by atoms with E-state index in [0.29, 0.717) is 35.5 Å². The molecule has 3 nitrogen and oxygen atoms in total. The summed E-state index contributed by atoms with van der Waals surface area (Å²) in [4.78, 5) is 1.90. The van der Waals surface area contributed by atoms with Crippen LogP contribution < -0.4 is 5.32 Å². The van der Waals surface area contributed by atoms with Gasteiger partial charge in [-0.1, -0.05) is 41.4 Å². The van der Waals surface area contributed by atoms with Gasteiger partial charge < -0.3 is 15.0 Å². The molecule has 3 rings (SSSR count). The maximum absolute atomic E-state index is 12.9. The molecule has 1 atom stereocenters. The molecule has 0 aromatic heterocycles. The van der Waals surface area contributed by atoms with Gasteiger partial charge >= 0.3 is 6.18 Å². The van der Waals surface area contributed by atoms with Crippen molar-refractivity contribution < 1.29 is 17.9 Å². The molecule has 1 saturated heterocycles. The number of hydrogen-bond acceptors (Lipinski definition) is 2. The van der Waals surface area contributed by atoms with Gasteiger partial charge in [0.15, 0.2) is 5.11 Å². The second-order valence-corrected chi connectivity index (χ2v) is 7.93. The van der Waals surface area contributed by atoms with Crippen LogP contribution in [0.1, 0.15) is 24.0 Å². The lowest BCUT2D eigenvalue weighted by Gasteiger charge is -2.29. The molecule has 0 bridgehead atoms. The lowest BCUT2D eigenvalue weighted by atomic mass is 10.2. The van der Waals surface area contributed by atoms with Gasteiger partial charge in [-0.2, -0.15) is 13.2 Å². The van der Waals surface area contributed by atoms with Gasteiger partial charge in [0.2, 0.25) is 0 Å². The molecule has 0 amide bonds. The summed E-state index contributed by atoms with van der Waals surface area (Å²) in [5, 5.41) is 3.57. The van der Waals surface area contributed by atoms with Crippen molar-refractivity contribution in [2.24, 2.45) is 0 Å². The number of anilines is 1. The number of benzene rings is 2. The highest BCUT2D eigenvalue weighted by atomic mass is 35.5. The smallest absolute Gasteiger partial charge is 0.376 e. The second kappa shape index (κ2) is 9.51. The van der Waals surface area contributed by atoms with Gasteiger partial charge in [0, 0.05) is 30.4 Å². The van der Waals surface area contributed by atoms with E-state index in [1.54, 1.807) is 6.07 Å². The molecule has 1 N–H and O–H groups in total. The van der Waals surface area contributed by atoms with Gasteiger partial charge in [0.25, 0.3) is 0 Å². The van der Waals surface area contributed by atoms with Crippen LogP contribution in [0.15, 0.2) is 42.5 Å². The summed E-state index contributed by atoms with van der Waals surface area (Å²) in [6.45, 7) is 1.70. The fourth-order valence-corrected chi connectivity index (χ4v) is 3.85. The normalized spacial score (nSPS) is 16.7. The zero-order valence-electron chi connectivity index (χ0n) is 15.3. The van der Waals surface area contributed by atoms with Gasteiger partial charge in [-0.25, -0.2) is 0 Å². The third-order valence-corrected chi connectivity index (χ3v) is 5.62. The van der Waals surface area contributed by atoms with Crippen LogP contribution >= 0.6 is 35.4 Å². The van der Waals surface area contributed by atoms with E-state index in [2.05, 4.69) is 5.32 Å². The van der Waals surface area contributed by atoms with Crippen LogP contribution in [0.25, 0.3) is 0 Å². The molecule has 29 heavy (non-hydrogen) atoms. The van der Waals surface area contributed by atoms with E-state index in [1.165, 1.54) is 12.1 Å². The third-order valence-electron chi connectivity index (χ3n) is 4.58. The Morgan fingerprint density at radius 2 is 1.93 bits per heavy atom. The zero-order valence-corrected chi connectivity index (χ0v) is 17.6. The van der Waals surface area contributed by atoms with Gasteiger partial charge in [-0.05, 0) is 54.9 Å². The number of thiocarbonyl (C=S) groups is 1. The molecule has 1 aliphatic heterocycles. The highest BCUT2D eigenvalue weighted by Crippen LogP contribution is 2.36. The van der Waals surface area contributed by atoms with Crippen LogP contribution in [0.2, 0.25) is 10.0 Å². The molecule has 0 saturated carbocycles. The molecule has 1 aliphatic rings. The summed E-state index contributed by atoms with van der Waals surface area (Å²) < 4.78 is 44.5. The number of ether oxygens (including phenoxy) is 1. The van der Waals surface area contributed by atoms with Gasteiger partial charge in [0.1, 0.15) is 0 Å². The van der Waals surface area contributed by atoms with Crippen molar-refractivity contribution in [1.29, 1.82) is 0 Å². The van der Waals surface area contributed by atoms with Crippen LogP contribution in [-0.4, -0.2) is 29.3 Å². The third kappa shape index (κ3) is 5.98. The summed E-state index contributed by atoms with van der Waals surface area (Å²) in [7, 11) is 0. The van der Waals surface area contributed by atoms with Crippen molar-refractivity contribution in [2.75, 3.05) is 18.5 Å². The molecule has 156 valence electrons. The number of hydrogen-bond donors (Lipinski definition) is 1. The molecule has 0 radical (unpaired) electrons. The van der Waals surface area contributed by atoms with Crippen molar-refractivity contribution in [3.8, 4) is 0 Å².